The van der Waals surface area contributed by atoms with Crippen LogP contribution in [-0.2, 0) is 25.6 Å². The molecule has 2 atom stereocenters. The van der Waals surface area contributed by atoms with E-state index in [9.17, 15) is 24.3 Å². The third-order valence-electron chi connectivity index (χ3n) is 6.00. The summed E-state index contributed by atoms with van der Waals surface area (Å²) in [5.74, 6) is -2.04. The van der Waals surface area contributed by atoms with Crippen LogP contribution in [-0.4, -0.2) is 64.6 Å². The number of para-hydroxylation sites is 1. The van der Waals surface area contributed by atoms with Gasteiger partial charge in [-0.15, -0.1) is 0 Å². The van der Waals surface area contributed by atoms with Crippen LogP contribution >= 0.6 is 0 Å². The summed E-state index contributed by atoms with van der Waals surface area (Å²) >= 11 is 0. The molecule has 1 heterocycles. The lowest BCUT2D eigenvalue weighted by Crippen LogP contribution is -2.55. The molecule has 12 nitrogen and oxygen atoms in total. The lowest BCUT2D eigenvalue weighted by molar-refractivity contribution is -0.140. The number of nitrogens with zero attached hydrogens (tertiary/aromatic N) is 2. The molecule has 3 rings (SSSR count). The zero-order valence-corrected chi connectivity index (χ0v) is 22.8. The number of nitrogens with one attached hydrogen (secondary N) is 3. The van der Waals surface area contributed by atoms with Gasteiger partial charge in [-0.1, -0.05) is 37.2 Å². The highest BCUT2D eigenvalue weighted by atomic mass is 16.5. The molecule has 1 aromatic heterocycles. The molecule has 0 spiro atoms. The minimum Gasteiger partial charge on any atom is -0.496 e. The molecule has 12 heteroatoms. The number of methoxy groups -OCH3 is 1. The SMILES string of the molecule is COc1ccc(-c2nc(C)no2)cc1CC(=O)N[C@H](C(=O)N[C@@H](CC(=O)O)C(=O)CNc1ccccc1)C(C)C. The molecule has 0 saturated heterocycles. The molecule has 0 unspecified atom stereocenters. The molecule has 0 bridgehead atoms. The topological polar surface area (TPSA) is 173 Å². The summed E-state index contributed by atoms with van der Waals surface area (Å²) in [5.41, 5.74) is 1.81. The van der Waals surface area contributed by atoms with E-state index in [1.54, 1.807) is 63.2 Å². The quantitative estimate of drug-likeness (QED) is 0.233. The number of aliphatic carboxylic acids is 1. The number of benzene rings is 2. The van der Waals surface area contributed by atoms with E-state index in [1.807, 2.05) is 6.07 Å². The Balaban J connectivity index is 1.69. The van der Waals surface area contributed by atoms with Gasteiger partial charge >= 0.3 is 5.97 Å². The summed E-state index contributed by atoms with van der Waals surface area (Å²) in [4.78, 5) is 54.6. The predicted molar refractivity (Wildman–Crippen MR) is 146 cm³/mol. The van der Waals surface area contributed by atoms with Crippen LogP contribution in [0.3, 0.4) is 0 Å². The zero-order valence-electron chi connectivity index (χ0n) is 22.8. The Labute approximate surface area is 231 Å². The Morgan fingerprint density at radius 1 is 1.05 bits per heavy atom. The Morgan fingerprint density at radius 3 is 2.38 bits per heavy atom. The molecule has 0 aliphatic rings. The van der Waals surface area contributed by atoms with Gasteiger partial charge in [-0.2, -0.15) is 4.98 Å². The van der Waals surface area contributed by atoms with Crippen molar-refractivity contribution in [3.8, 4) is 17.2 Å². The Kier molecular flexibility index (Phi) is 10.3. The van der Waals surface area contributed by atoms with Crippen LogP contribution in [0.5, 0.6) is 5.75 Å². The molecular weight excluding hydrogens is 518 g/mol. The van der Waals surface area contributed by atoms with Crippen molar-refractivity contribution in [2.75, 3.05) is 19.0 Å². The Bertz CT molecular complexity index is 1340. The van der Waals surface area contributed by atoms with Gasteiger partial charge in [0.2, 0.25) is 11.8 Å². The minimum absolute atomic E-state index is 0.126. The Hall–Kier alpha value is -4.74. The van der Waals surface area contributed by atoms with Gasteiger partial charge in [0.1, 0.15) is 11.8 Å². The monoisotopic (exact) mass is 551 g/mol. The maximum atomic E-state index is 13.2. The predicted octanol–water partition coefficient (Wildman–Crippen LogP) is 2.38. The smallest absolute Gasteiger partial charge is 0.305 e. The summed E-state index contributed by atoms with van der Waals surface area (Å²) < 4.78 is 10.6. The van der Waals surface area contributed by atoms with E-state index >= 15 is 0 Å². The second-order valence-electron chi connectivity index (χ2n) is 9.48. The standard InChI is InChI=1S/C28H33N5O7/c1-16(2)26(27(38)31-21(14-25(36)37)22(34)15-29-20-8-6-5-7-9-20)32-24(35)13-19-12-18(10-11-23(19)39-4)28-30-17(3)33-40-28/h5-12,16,21,26,29H,13-15H2,1-4H3,(H,31,38)(H,32,35)(H,36,37)/t21-,26-/m0/s1. The second kappa shape index (κ2) is 13.9. The third kappa shape index (κ3) is 8.38. The molecule has 212 valence electrons. The van der Waals surface area contributed by atoms with E-state index in [2.05, 4.69) is 26.1 Å². The number of hydrogen-bond donors (Lipinski definition) is 4. The lowest BCUT2D eigenvalue weighted by Gasteiger charge is -2.25. The molecule has 40 heavy (non-hydrogen) atoms. The highest BCUT2D eigenvalue weighted by Gasteiger charge is 2.30. The Morgan fingerprint density at radius 2 is 1.77 bits per heavy atom. The van der Waals surface area contributed by atoms with Crippen molar-refractivity contribution in [1.82, 2.24) is 20.8 Å². The first-order valence-electron chi connectivity index (χ1n) is 12.7. The number of amides is 2. The van der Waals surface area contributed by atoms with Crippen LogP contribution in [0.25, 0.3) is 11.5 Å². The molecule has 0 aliphatic carbocycles. The van der Waals surface area contributed by atoms with E-state index in [0.29, 0.717) is 28.4 Å². The van der Waals surface area contributed by atoms with Crippen molar-refractivity contribution in [1.29, 1.82) is 0 Å². The zero-order chi connectivity index (χ0) is 29.2. The summed E-state index contributed by atoms with van der Waals surface area (Å²) in [6.07, 6.45) is -0.724. The fourth-order valence-electron chi connectivity index (χ4n) is 3.95. The number of ether oxygens (including phenoxy) is 1. The number of ketones is 1. The van der Waals surface area contributed by atoms with Gasteiger partial charge in [-0.3, -0.25) is 19.2 Å². The second-order valence-corrected chi connectivity index (χ2v) is 9.48. The fraction of sp³-hybridized carbons (Fsp3) is 0.357. The molecule has 3 aromatic rings. The summed E-state index contributed by atoms with van der Waals surface area (Å²) in [5, 5.41) is 21.2. The lowest BCUT2D eigenvalue weighted by atomic mass is 10.0. The number of carboxylic acid groups (broad SMARTS) is 1. The molecular formula is C28H33N5O7. The summed E-state index contributed by atoms with van der Waals surface area (Å²) in [6.45, 7) is 4.97. The van der Waals surface area contributed by atoms with Gasteiger partial charge in [0.05, 0.1) is 32.5 Å². The number of hydrogen-bond acceptors (Lipinski definition) is 9. The molecule has 2 amide bonds. The molecule has 0 aliphatic heterocycles. The number of anilines is 1. The maximum Gasteiger partial charge on any atom is 0.305 e. The third-order valence-corrected chi connectivity index (χ3v) is 6.00. The van der Waals surface area contributed by atoms with Crippen molar-refractivity contribution in [3.63, 3.8) is 0 Å². The average Bonchev–Trinajstić information content (AvgIpc) is 3.36. The van der Waals surface area contributed by atoms with E-state index in [1.165, 1.54) is 7.11 Å². The van der Waals surface area contributed by atoms with Crippen molar-refractivity contribution in [2.24, 2.45) is 5.92 Å². The summed E-state index contributed by atoms with van der Waals surface area (Å²) in [6, 6.07) is 11.7. The van der Waals surface area contributed by atoms with Crippen LogP contribution in [0.1, 0.15) is 31.7 Å². The minimum atomic E-state index is -1.28. The molecule has 0 saturated carbocycles. The number of carbonyl (C=O) groups is 4. The first-order chi connectivity index (χ1) is 19.1. The van der Waals surface area contributed by atoms with Gasteiger partial charge in [0.25, 0.3) is 5.89 Å². The van der Waals surface area contributed by atoms with Crippen LogP contribution in [0.2, 0.25) is 0 Å². The van der Waals surface area contributed by atoms with Crippen molar-refractivity contribution < 1.29 is 33.5 Å². The van der Waals surface area contributed by atoms with E-state index in [-0.39, 0.29) is 24.8 Å². The van der Waals surface area contributed by atoms with Gasteiger partial charge in [0, 0.05) is 16.8 Å². The number of Topliss-reactive ketones (excluding diaryl/α,β-unsaturated/α-hetero) is 1. The van der Waals surface area contributed by atoms with Gasteiger partial charge in [0.15, 0.2) is 11.6 Å². The highest BCUT2D eigenvalue weighted by molar-refractivity contribution is 5.96. The van der Waals surface area contributed by atoms with E-state index in [0.717, 1.165) is 0 Å². The molecule has 4 N–H and O–H groups in total. The summed E-state index contributed by atoms with van der Waals surface area (Å²) in [7, 11) is 1.48. The largest absolute Gasteiger partial charge is 0.496 e. The molecule has 0 fully saturated rings. The molecule has 0 radical (unpaired) electrons. The van der Waals surface area contributed by atoms with Crippen molar-refractivity contribution in [3.05, 3.63) is 59.9 Å². The number of aryl methyl sites for hydroxylation is 1. The number of aromatic nitrogens is 2. The van der Waals surface area contributed by atoms with E-state index < -0.39 is 42.1 Å². The normalized spacial score (nSPS) is 12.3. The number of carbonyl (C=O) groups excluding carboxylic acids is 3. The van der Waals surface area contributed by atoms with Crippen LogP contribution in [0.4, 0.5) is 5.69 Å². The first kappa shape index (κ1) is 29.8. The van der Waals surface area contributed by atoms with Crippen LogP contribution < -0.4 is 20.7 Å². The first-order valence-corrected chi connectivity index (χ1v) is 12.7. The van der Waals surface area contributed by atoms with Gasteiger partial charge in [-0.25, -0.2) is 0 Å². The van der Waals surface area contributed by atoms with Crippen molar-refractivity contribution in [2.45, 2.75) is 45.7 Å². The number of rotatable bonds is 14. The molecule has 2 aromatic carbocycles. The van der Waals surface area contributed by atoms with Gasteiger partial charge < -0.3 is 30.3 Å². The van der Waals surface area contributed by atoms with E-state index in [4.69, 9.17) is 9.26 Å². The van der Waals surface area contributed by atoms with Crippen LogP contribution in [0, 0.1) is 12.8 Å². The fourth-order valence-corrected chi connectivity index (χ4v) is 3.95. The highest BCUT2D eigenvalue weighted by Crippen LogP contribution is 2.26. The van der Waals surface area contributed by atoms with Crippen molar-refractivity contribution >= 4 is 29.3 Å². The maximum absolute atomic E-state index is 13.2. The van der Waals surface area contributed by atoms with Crippen LogP contribution in [0.15, 0.2) is 53.1 Å². The number of carboxylic acids is 1. The van der Waals surface area contributed by atoms with Gasteiger partial charge in [-0.05, 0) is 43.2 Å². The average molecular weight is 552 g/mol.